The number of carbonyl (C=O) groups excluding carboxylic acids is 1. The van der Waals surface area contributed by atoms with Gasteiger partial charge in [-0.3, -0.25) is 9.59 Å². The summed E-state index contributed by atoms with van der Waals surface area (Å²) in [5, 5.41) is 12.1. The first-order chi connectivity index (χ1) is 11.9. The molecule has 2 aromatic carbocycles. The molecule has 5 heteroatoms. The molecule has 3 atom stereocenters. The number of aliphatic carboxylic acids is 1. The van der Waals surface area contributed by atoms with Crippen molar-refractivity contribution in [3.63, 3.8) is 0 Å². The van der Waals surface area contributed by atoms with Gasteiger partial charge in [-0.15, -0.1) is 0 Å². The third-order valence-electron chi connectivity index (χ3n) is 4.29. The Bertz CT molecular complexity index is 733. The molecule has 132 valence electrons. The fourth-order valence-electron chi connectivity index (χ4n) is 2.80. The van der Waals surface area contributed by atoms with Gasteiger partial charge in [0.05, 0.1) is 12.0 Å². The lowest BCUT2D eigenvalue weighted by molar-refractivity contribution is -0.142. The number of nitrogens with one attached hydrogen (secondary N) is 1. The van der Waals surface area contributed by atoms with Crippen LogP contribution < -0.4 is 5.32 Å². The van der Waals surface area contributed by atoms with Gasteiger partial charge in [0.1, 0.15) is 5.82 Å². The number of hydrogen-bond donors (Lipinski definition) is 2. The molecule has 0 bridgehead atoms. The maximum Gasteiger partial charge on any atom is 0.308 e. The minimum absolute atomic E-state index is 0.0800. The second-order valence-electron chi connectivity index (χ2n) is 6.21. The van der Waals surface area contributed by atoms with E-state index in [1.54, 1.807) is 56.3 Å². The van der Waals surface area contributed by atoms with Gasteiger partial charge in [-0.05, 0) is 30.0 Å². The molecule has 25 heavy (non-hydrogen) atoms. The van der Waals surface area contributed by atoms with Crippen LogP contribution in [0.5, 0.6) is 0 Å². The second kappa shape index (κ2) is 8.42. The molecule has 0 radical (unpaired) electrons. The fourth-order valence-corrected chi connectivity index (χ4v) is 2.80. The van der Waals surface area contributed by atoms with Crippen LogP contribution in [0, 0.1) is 11.7 Å². The number of halogens is 1. The van der Waals surface area contributed by atoms with Gasteiger partial charge in [-0.25, -0.2) is 4.39 Å². The number of rotatable bonds is 7. The zero-order chi connectivity index (χ0) is 18.4. The lowest BCUT2D eigenvalue weighted by Crippen LogP contribution is -2.36. The molecular weight excluding hydrogens is 321 g/mol. The molecule has 0 saturated carbocycles. The number of carboxylic acid groups (broad SMARTS) is 1. The Morgan fingerprint density at radius 2 is 1.64 bits per heavy atom. The highest BCUT2D eigenvalue weighted by atomic mass is 19.1. The van der Waals surface area contributed by atoms with Crippen molar-refractivity contribution in [1.29, 1.82) is 0 Å². The van der Waals surface area contributed by atoms with Crippen LogP contribution >= 0.6 is 0 Å². The van der Waals surface area contributed by atoms with Gasteiger partial charge in [0.2, 0.25) is 5.91 Å². The predicted octanol–water partition coefficient (Wildman–Crippen LogP) is 3.90. The molecular formula is C20H22FNO3. The van der Waals surface area contributed by atoms with Gasteiger partial charge < -0.3 is 10.4 Å². The normalized spacial score (nSPS) is 14.4. The van der Waals surface area contributed by atoms with Crippen molar-refractivity contribution in [3.8, 4) is 0 Å². The Hall–Kier alpha value is -2.69. The maximum absolute atomic E-state index is 13.8. The highest BCUT2D eigenvalue weighted by Gasteiger charge is 2.27. The van der Waals surface area contributed by atoms with E-state index in [9.17, 15) is 19.1 Å². The van der Waals surface area contributed by atoms with Crippen molar-refractivity contribution in [3.05, 3.63) is 71.5 Å². The molecule has 0 aliphatic carbocycles. The molecule has 0 saturated heterocycles. The molecule has 0 aliphatic heterocycles. The summed E-state index contributed by atoms with van der Waals surface area (Å²) in [6.07, 6.45) is 0.0800. The number of carboxylic acids is 1. The molecule has 0 aliphatic rings. The zero-order valence-corrected chi connectivity index (χ0v) is 14.3. The minimum atomic E-state index is -0.990. The molecule has 0 aromatic heterocycles. The van der Waals surface area contributed by atoms with E-state index in [1.165, 1.54) is 6.07 Å². The third-order valence-corrected chi connectivity index (χ3v) is 4.29. The quantitative estimate of drug-likeness (QED) is 0.801. The minimum Gasteiger partial charge on any atom is -0.481 e. The lowest BCUT2D eigenvalue weighted by Gasteiger charge is -2.24. The molecule has 2 N–H and O–H groups in total. The summed E-state index contributed by atoms with van der Waals surface area (Å²) in [6.45, 7) is 3.33. The van der Waals surface area contributed by atoms with E-state index in [4.69, 9.17) is 0 Å². The van der Waals surface area contributed by atoms with Crippen molar-refractivity contribution in [2.75, 3.05) is 0 Å². The van der Waals surface area contributed by atoms with Crippen molar-refractivity contribution < 1.29 is 19.1 Å². The van der Waals surface area contributed by atoms with Crippen LogP contribution in [0.4, 0.5) is 4.39 Å². The number of hydrogen-bond acceptors (Lipinski definition) is 2. The van der Waals surface area contributed by atoms with Gasteiger partial charge in [0.15, 0.2) is 0 Å². The van der Waals surface area contributed by atoms with Crippen molar-refractivity contribution in [2.45, 2.75) is 32.2 Å². The first-order valence-corrected chi connectivity index (χ1v) is 8.21. The Morgan fingerprint density at radius 1 is 1.04 bits per heavy atom. The van der Waals surface area contributed by atoms with Gasteiger partial charge in [0, 0.05) is 6.42 Å². The van der Waals surface area contributed by atoms with E-state index in [0.717, 1.165) is 5.56 Å². The molecule has 0 spiro atoms. The fraction of sp³-hybridized carbons (Fsp3) is 0.300. The molecule has 2 aromatic rings. The van der Waals surface area contributed by atoms with E-state index in [-0.39, 0.29) is 24.1 Å². The van der Waals surface area contributed by atoms with Crippen molar-refractivity contribution >= 4 is 11.9 Å². The largest absolute Gasteiger partial charge is 0.481 e. The Kier molecular flexibility index (Phi) is 6.28. The number of carbonyl (C=O) groups is 2. The van der Waals surface area contributed by atoms with Crippen LogP contribution in [0.3, 0.4) is 0 Å². The summed E-state index contributed by atoms with van der Waals surface area (Å²) in [4.78, 5) is 23.8. The predicted molar refractivity (Wildman–Crippen MR) is 93.6 cm³/mol. The molecule has 2 rings (SSSR count). The molecule has 1 amide bonds. The van der Waals surface area contributed by atoms with Crippen molar-refractivity contribution in [2.24, 2.45) is 5.92 Å². The third kappa shape index (κ3) is 4.89. The van der Waals surface area contributed by atoms with Crippen LogP contribution in [-0.4, -0.2) is 17.0 Å². The molecule has 3 unspecified atom stereocenters. The van der Waals surface area contributed by atoms with E-state index >= 15 is 0 Å². The molecule has 0 fully saturated rings. The number of amides is 1. The highest BCUT2D eigenvalue weighted by Crippen LogP contribution is 2.25. The average Bonchev–Trinajstić information content (AvgIpc) is 2.60. The van der Waals surface area contributed by atoms with Gasteiger partial charge in [0.25, 0.3) is 0 Å². The smallest absolute Gasteiger partial charge is 0.308 e. The van der Waals surface area contributed by atoms with Crippen LogP contribution in [-0.2, 0) is 9.59 Å². The first kappa shape index (κ1) is 18.6. The average molecular weight is 343 g/mol. The summed E-state index contributed by atoms with van der Waals surface area (Å²) >= 11 is 0. The van der Waals surface area contributed by atoms with E-state index in [1.807, 2.05) is 6.07 Å². The SMILES string of the molecule is CC(CC(=O)NC(c1ccccc1)C(C)C(=O)O)c1ccccc1F. The summed E-state index contributed by atoms with van der Waals surface area (Å²) in [5.74, 6) is -2.73. The monoisotopic (exact) mass is 343 g/mol. The zero-order valence-electron chi connectivity index (χ0n) is 14.3. The highest BCUT2D eigenvalue weighted by molar-refractivity contribution is 5.79. The van der Waals surface area contributed by atoms with E-state index in [2.05, 4.69) is 5.32 Å². The van der Waals surface area contributed by atoms with E-state index in [0.29, 0.717) is 5.56 Å². The molecule has 4 nitrogen and oxygen atoms in total. The summed E-state index contributed by atoms with van der Waals surface area (Å²) in [7, 11) is 0. The van der Waals surface area contributed by atoms with Gasteiger partial charge in [-0.2, -0.15) is 0 Å². The maximum atomic E-state index is 13.8. The summed E-state index contributed by atoms with van der Waals surface area (Å²) in [5.41, 5.74) is 1.20. The molecule has 0 heterocycles. The lowest BCUT2D eigenvalue weighted by atomic mass is 9.93. The summed E-state index contributed by atoms with van der Waals surface area (Å²) in [6, 6.07) is 14.7. The van der Waals surface area contributed by atoms with Crippen molar-refractivity contribution in [1.82, 2.24) is 5.32 Å². The standard InChI is InChI=1S/C20H22FNO3/c1-13(16-10-6-7-11-17(16)21)12-18(23)22-19(14(2)20(24)25)15-8-4-3-5-9-15/h3-11,13-14,19H,12H2,1-2H3,(H,22,23)(H,24,25). The van der Waals surface area contributed by atoms with Crippen LogP contribution in [0.1, 0.15) is 43.4 Å². The number of benzene rings is 2. The van der Waals surface area contributed by atoms with E-state index < -0.39 is 17.9 Å². The summed E-state index contributed by atoms with van der Waals surface area (Å²) < 4.78 is 13.8. The van der Waals surface area contributed by atoms with Gasteiger partial charge in [-0.1, -0.05) is 55.5 Å². The Balaban J connectivity index is 2.12. The second-order valence-corrected chi connectivity index (χ2v) is 6.21. The van der Waals surface area contributed by atoms with Gasteiger partial charge >= 0.3 is 5.97 Å². The Morgan fingerprint density at radius 3 is 2.24 bits per heavy atom. The topological polar surface area (TPSA) is 66.4 Å². The van der Waals surface area contributed by atoms with Crippen LogP contribution in [0.15, 0.2) is 54.6 Å². The van der Waals surface area contributed by atoms with Crippen LogP contribution in [0.2, 0.25) is 0 Å². The van der Waals surface area contributed by atoms with Crippen LogP contribution in [0.25, 0.3) is 0 Å². The first-order valence-electron chi connectivity index (χ1n) is 8.21. The Labute approximate surface area is 146 Å².